The maximum atomic E-state index is 12.9. The molecule has 1 heterocycles. The Morgan fingerprint density at radius 1 is 1.08 bits per heavy atom. The maximum absolute atomic E-state index is 12.9. The Morgan fingerprint density at radius 3 is 2.39 bits per heavy atom. The van der Waals surface area contributed by atoms with Gasteiger partial charge in [0.25, 0.3) is 0 Å². The summed E-state index contributed by atoms with van der Waals surface area (Å²) >= 11 is 5.30. The Kier molecular flexibility index (Phi) is 8.00. The van der Waals surface area contributed by atoms with Crippen LogP contribution in [0.25, 0.3) is 20.5 Å². The molecule has 3 aromatic rings. The summed E-state index contributed by atoms with van der Waals surface area (Å²) in [4.78, 5) is 38.8. The van der Waals surface area contributed by atoms with E-state index in [2.05, 4.69) is 15.9 Å². The number of amides is 1. The Morgan fingerprint density at radius 2 is 1.78 bits per heavy atom. The first-order chi connectivity index (χ1) is 17.2. The summed E-state index contributed by atoms with van der Waals surface area (Å²) in [7, 11) is 0. The average Bonchev–Trinajstić information content (AvgIpc) is 3.48. The molecule has 1 aromatic heterocycles. The van der Waals surface area contributed by atoms with E-state index in [0.29, 0.717) is 19.3 Å². The number of carboxylic acid groups (broad SMARTS) is 2. The van der Waals surface area contributed by atoms with Crippen LogP contribution in [0.15, 0.2) is 46.9 Å². The Bertz CT molecular complexity index is 1280. The third-order valence-corrected chi connectivity index (χ3v) is 8.96. The van der Waals surface area contributed by atoms with E-state index in [1.165, 1.54) is 4.90 Å². The number of hydrogen-bond acceptors (Lipinski definition) is 5. The van der Waals surface area contributed by atoms with Crippen molar-refractivity contribution in [2.45, 2.75) is 45.6 Å². The van der Waals surface area contributed by atoms with Gasteiger partial charge in [-0.3, -0.25) is 4.79 Å². The normalized spacial score (nSPS) is 14.6. The highest BCUT2D eigenvalue weighted by Crippen LogP contribution is 2.43. The van der Waals surface area contributed by atoms with Crippen LogP contribution in [-0.4, -0.2) is 46.3 Å². The minimum Gasteiger partial charge on any atom is -0.481 e. The lowest BCUT2D eigenvalue weighted by Gasteiger charge is -2.31. The molecule has 0 radical (unpaired) electrons. The highest BCUT2D eigenvalue weighted by molar-refractivity contribution is 9.10. The summed E-state index contributed by atoms with van der Waals surface area (Å²) in [6.45, 7) is 2.57. The van der Waals surface area contributed by atoms with Crippen LogP contribution in [0.1, 0.15) is 54.9 Å². The number of thiophene rings is 1. The van der Waals surface area contributed by atoms with E-state index in [4.69, 9.17) is 9.84 Å². The lowest BCUT2D eigenvalue weighted by atomic mass is 9.85. The molecule has 1 amide bonds. The van der Waals surface area contributed by atoms with Crippen LogP contribution >= 0.6 is 27.3 Å². The molecular weight excluding hydrogens is 546 g/mol. The maximum Gasteiger partial charge on any atom is 0.410 e. The second kappa shape index (κ2) is 11.0. The van der Waals surface area contributed by atoms with Gasteiger partial charge < -0.3 is 19.8 Å². The zero-order valence-electron chi connectivity index (χ0n) is 20.0. The van der Waals surface area contributed by atoms with Crippen molar-refractivity contribution < 1.29 is 29.3 Å². The zero-order valence-corrected chi connectivity index (χ0v) is 22.4. The second-order valence-corrected chi connectivity index (χ2v) is 11.1. The summed E-state index contributed by atoms with van der Waals surface area (Å²) in [5.74, 6) is -1.83. The van der Waals surface area contributed by atoms with Crippen molar-refractivity contribution in [1.82, 2.24) is 4.90 Å². The van der Waals surface area contributed by atoms with Crippen molar-refractivity contribution in [2.75, 3.05) is 13.2 Å². The fraction of sp³-hybridized carbons (Fsp3) is 0.370. The van der Waals surface area contributed by atoms with Gasteiger partial charge >= 0.3 is 18.0 Å². The molecule has 1 aliphatic rings. The van der Waals surface area contributed by atoms with Gasteiger partial charge in [-0.2, -0.15) is 0 Å². The van der Waals surface area contributed by atoms with Gasteiger partial charge in [0, 0.05) is 32.5 Å². The lowest BCUT2D eigenvalue weighted by molar-refractivity contribution is -0.149. The Balaban J connectivity index is 1.63. The monoisotopic (exact) mass is 573 g/mol. The molecule has 0 saturated heterocycles. The lowest BCUT2D eigenvalue weighted by Crippen LogP contribution is -2.44. The number of nitrogens with zero attached hydrogens (tertiary/aromatic N) is 1. The highest BCUT2D eigenvalue weighted by Gasteiger charge is 2.43. The van der Waals surface area contributed by atoms with E-state index in [1.54, 1.807) is 35.6 Å². The quantitative estimate of drug-likeness (QED) is 0.285. The van der Waals surface area contributed by atoms with E-state index in [9.17, 15) is 19.5 Å². The predicted octanol–water partition coefficient (Wildman–Crippen LogP) is 7.02. The number of aliphatic carboxylic acids is 1. The summed E-state index contributed by atoms with van der Waals surface area (Å²) < 4.78 is 7.34. The van der Waals surface area contributed by atoms with E-state index in [1.807, 2.05) is 25.1 Å². The molecule has 36 heavy (non-hydrogen) atoms. The fourth-order valence-electron chi connectivity index (χ4n) is 4.71. The summed E-state index contributed by atoms with van der Waals surface area (Å²) in [6.07, 6.45) is 2.99. The number of aromatic carboxylic acids is 1. The Labute approximate surface area is 221 Å². The first kappa shape index (κ1) is 26.2. The molecule has 0 unspecified atom stereocenters. The van der Waals surface area contributed by atoms with Crippen molar-refractivity contribution >= 4 is 55.4 Å². The molecule has 1 aliphatic carbocycles. The van der Waals surface area contributed by atoms with E-state index in [-0.39, 0.29) is 25.3 Å². The number of hydrogen-bond donors (Lipinski definition) is 2. The van der Waals surface area contributed by atoms with E-state index in [0.717, 1.165) is 43.4 Å². The molecule has 2 N–H and O–H groups in total. The predicted molar refractivity (Wildman–Crippen MR) is 143 cm³/mol. The van der Waals surface area contributed by atoms with Crippen LogP contribution in [0.2, 0.25) is 0 Å². The molecule has 0 bridgehead atoms. The number of carbonyl (C=O) groups is 3. The number of benzene rings is 2. The molecule has 0 atom stereocenters. The number of rotatable bonds is 9. The number of halogens is 1. The number of ether oxygens (including phenoxy) is 1. The number of fused-ring (bicyclic) bond motifs is 1. The largest absolute Gasteiger partial charge is 0.481 e. The summed E-state index contributed by atoms with van der Waals surface area (Å²) in [5, 5.41) is 20.1. The van der Waals surface area contributed by atoms with Crippen LogP contribution in [0, 0.1) is 5.41 Å². The van der Waals surface area contributed by atoms with Gasteiger partial charge in [-0.1, -0.05) is 38.0 Å². The molecule has 9 heteroatoms. The minimum absolute atomic E-state index is 0.120. The van der Waals surface area contributed by atoms with Crippen molar-refractivity contribution in [3.8, 4) is 10.4 Å². The average molecular weight is 574 g/mol. The molecule has 4 rings (SSSR count). The fourth-order valence-corrected chi connectivity index (χ4v) is 6.72. The molecule has 1 fully saturated rings. The first-order valence-corrected chi connectivity index (χ1v) is 13.5. The minimum atomic E-state index is -0.967. The topological polar surface area (TPSA) is 104 Å². The number of carbonyl (C=O) groups excluding carboxylic acids is 1. The van der Waals surface area contributed by atoms with Crippen LogP contribution < -0.4 is 0 Å². The second-order valence-electron chi connectivity index (χ2n) is 9.22. The molecule has 190 valence electrons. The standard InChI is InChI=1S/C27H28BrNO6S/c1-2-13-35-26(34)29(16-27(25(32)33)11-3-4-12-27)15-17-5-10-21-20(14-17)22(28)23(36-21)18-6-8-19(9-7-18)24(30)31/h5-10,14H,2-4,11-13,15-16H2,1H3,(H,30,31)(H,32,33). The van der Waals surface area contributed by atoms with Crippen LogP contribution in [0.4, 0.5) is 4.79 Å². The van der Waals surface area contributed by atoms with Crippen molar-refractivity contribution in [1.29, 1.82) is 0 Å². The van der Waals surface area contributed by atoms with Crippen LogP contribution in [-0.2, 0) is 16.1 Å². The van der Waals surface area contributed by atoms with Gasteiger partial charge in [0.2, 0.25) is 0 Å². The first-order valence-electron chi connectivity index (χ1n) is 11.9. The third-order valence-electron chi connectivity index (χ3n) is 6.66. The molecule has 2 aromatic carbocycles. The van der Waals surface area contributed by atoms with Crippen LogP contribution in [0.5, 0.6) is 0 Å². The highest BCUT2D eigenvalue weighted by atomic mass is 79.9. The molecular formula is C27H28BrNO6S. The van der Waals surface area contributed by atoms with Gasteiger partial charge in [0.1, 0.15) is 0 Å². The molecule has 0 aliphatic heterocycles. The smallest absolute Gasteiger partial charge is 0.410 e. The van der Waals surface area contributed by atoms with Crippen molar-refractivity contribution in [3.05, 3.63) is 58.1 Å². The van der Waals surface area contributed by atoms with Crippen molar-refractivity contribution in [2.24, 2.45) is 5.41 Å². The molecule has 0 spiro atoms. The molecule has 7 nitrogen and oxygen atoms in total. The molecule has 1 saturated carbocycles. The number of carboxylic acids is 2. The van der Waals surface area contributed by atoms with E-state index >= 15 is 0 Å². The van der Waals surface area contributed by atoms with Gasteiger partial charge in [-0.15, -0.1) is 11.3 Å². The third kappa shape index (κ3) is 5.42. The SMILES string of the molecule is CCCOC(=O)N(Cc1ccc2sc(-c3ccc(C(=O)O)cc3)c(Br)c2c1)CC1(C(=O)O)CCCC1. The van der Waals surface area contributed by atoms with E-state index < -0.39 is 23.4 Å². The summed E-state index contributed by atoms with van der Waals surface area (Å²) in [5.41, 5.74) is 1.08. The summed E-state index contributed by atoms with van der Waals surface area (Å²) in [6, 6.07) is 12.7. The van der Waals surface area contributed by atoms with Gasteiger partial charge in [-0.05, 0) is 70.6 Å². The van der Waals surface area contributed by atoms with Gasteiger partial charge in [0.05, 0.1) is 17.6 Å². The van der Waals surface area contributed by atoms with Crippen molar-refractivity contribution in [3.63, 3.8) is 0 Å². The van der Waals surface area contributed by atoms with Gasteiger partial charge in [-0.25, -0.2) is 9.59 Å². The zero-order chi connectivity index (χ0) is 25.9. The van der Waals surface area contributed by atoms with Crippen LogP contribution in [0.3, 0.4) is 0 Å². The van der Waals surface area contributed by atoms with Gasteiger partial charge in [0.15, 0.2) is 0 Å². The Hall–Kier alpha value is -2.91.